The number of esters is 1. The van der Waals surface area contributed by atoms with E-state index in [0.717, 1.165) is 18.5 Å². The van der Waals surface area contributed by atoms with Crippen LogP contribution in [0.3, 0.4) is 0 Å². The quantitative estimate of drug-likeness (QED) is 0.441. The van der Waals surface area contributed by atoms with Gasteiger partial charge in [0, 0.05) is 26.8 Å². The third kappa shape index (κ3) is 5.09. The summed E-state index contributed by atoms with van der Waals surface area (Å²) in [5, 5.41) is 0. The monoisotopic (exact) mass is 298 g/mol. The molecule has 0 saturated carbocycles. The number of aromatic nitrogens is 2. The largest absolute Gasteiger partial charge is 0.464 e. The zero-order chi connectivity index (χ0) is 15.3. The van der Waals surface area contributed by atoms with Gasteiger partial charge in [-0.25, -0.2) is 9.78 Å². The van der Waals surface area contributed by atoms with Crippen molar-refractivity contribution < 1.29 is 14.3 Å². The molecule has 0 unspecified atom stereocenters. The minimum Gasteiger partial charge on any atom is -0.464 e. The fourth-order valence-corrected chi connectivity index (χ4v) is 2.50. The first-order valence-corrected chi connectivity index (χ1v) is 10.7. The standard InChI is InChI=1S/C14H26N2O3Si/c1-11(2)13-15-12(14(17)18-3)9-16(13)10-19-7-8-20(4,5)6/h9,11H,7-8,10H2,1-6H3. The minimum absolute atomic E-state index is 0.231. The van der Waals surface area contributed by atoms with Crippen LogP contribution in [0, 0.1) is 0 Å². The molecular weight excluding hydrogens is 272 g/mol. The van der Waals surface area contributed by atoms with Crippen molar-refractivity contribution in [2.24, 2.45) is 0 Å². The van der Waals surface area contributed by atoms with Crippen molar-refractivity contribution in [3.05, 3.63) is 17.7 Å². The Morgan fingerprint density at radius 1 is 1.40 bits per heavy atom. The lowest BCUT2D eigenvalue weighted by Gasteiger charge is -2.16. The van der Waals surface area contributed by atoms with E-state index in [-0.39, 0.29) is 5.92 Å². The number of methoxy groups -OCH3 is 1. The Bertz CT molecular complexity index is 450. The summed E-state index contributed by atoms with van der Waals surface area (Å²) >= 11 is 0. The van der Waals surface area contributed by atoms with Gasteiger partial charge < -0.3 is 14.0 Å². The molecule has 0 spiro atoms. The molecular formula is C14H26N2O3Si. The molecule has 0 atom stereocenters. The molecule has 0 aliphatic carbocycles. The molecule has 20 heavy (non-hydrogen) atoms. The van der Waals surface area contributed by atoms with Crippen LogP contribution in [-0.4, -0.2) is 37.3 Å². The van der Waals surface area contributed by atoms with Gasteiger partial charge in [0.15, 0.2) is 5.69 Å². The van der Waals surface area contributed by atoms with Crippen LogP contribution in [0.25, 0.3) is 0 Å². The summed E-state index contributed by atoms with van der Waals surface area (Å²) in [6, 6.07) is 1.13. The number of hydrogen-bond acceptors (Lipinski definition) is 4. The van der Waals surface area contributed by atoms with E-state index in [2.05, 4.69) is 24.6 Å². The summed E-state index contributed by atoms with van der Waals surface area (Å²) < 4.78 is 12.3. The maximum atomic E-state index is 11.5. The first-order chi connectivity index (χ1) is 9.24. The minimum atomic E-state index is -1.07. The average Bonchev–Trinajstić information content (AvgIpc) is 2.76. The van der Waals surface area contributed by atoms with Gasteiger partial charge in [-0.15, -0.1) is 0 Å². The summed E-state index contributed by atoms with van der Waals surface area (Å²) in [4.78, 5) is 15.9. The smallest absolute Gasteiger partial charge is 0.358 e. The Morgan fingerprint density at radius 3 is 2.55 bits per heavy atom. The van der Waals surface area contributed by atoms with Gasteiger partial charge in [0.2, 0.25) is 0 Å². The van der Waals surface area contributed by atoms with Gasteiger partial charge in [0.05, 0.1) is 7.11 Å². The van der Waals surface area contributed by atoms with Gasteiger partial charge in [0.25, 0.3) is 0 Å². The Labute approximate surface area is 122 Å². The molecule has 1 aromatic heterocycles. The highest BCUT2D eigenvalue weighted by Crippen LogP contribution is 2.15. The number of rotatable bonds is 7. The molecule has 0 amide bonds. The number of nitrogens with zero attached hydrogens (tertiary/aromatic N) is 2. The van der Waals surface area contributed by atoms with Gasteiger partial charge in [-0.05, 0) is 6.04 Å². The van der Waals surface area contributed by atoms with Crippen LogP contribution in [0.1, 0.15) is 36.1 Å². The Balaban J connectivity index is 2.68. The molecule has 0 bridgehead atoms. The van der Waals surface area contributed by atoms with Gasteiger partial charge in [-0.1, -0.05) is 33.5 Å². The fourth-order valence-electron chi connectivity index (χ4n) is 1.74. The molecule has 0 saturated heterocycles. The SMILES string of the molecule is COC(=O)c1cn(COCC[Si](C)(C)C)c(C(C)C)n1. The molecule has 6 heteroatoms. The maximum Gasteiger partial charge on any atom is 0.358 e. The topological polar surface area (TPSA) is 53.4 Å². The van der Waals surface area contributed by atoms with E-state index < -0.39 is 14.0 Å². The van der Waals surface area contributed by atoms with Crippen molar-refractivity contribution in [3.8, 4) is 0 Å². The van der Waals surface area contributed by atoms with Crippen LogP contribution >= 0.6 is 0 Å². The van der Waals surface area contributed by atoms with Crippen molar-refractivity contribution in [1.82, 2.24) is 9.55 Å². The number of imidazole rings is 1. The number of ether oxygens (including phenoxy) is 2. The van der Waals surface area contributed by atoms with Crippen LogP contribution in [0.2, 0.25) is 25.7 Å². The Hall–Kier alpha value is -1.14. The van der Waals surface area contributed by atoms with Crippen molar-refractivity contribution >= 4 is 14.0 Å². The second kappa shape index (κ2) is 7.03. The highest BCUT2D eigenvalue weighted by molar-refractivity contribution is 6.76. The van der Waals surface area contributed by atoms with Crippen molar-refractivity contribution in [2.75, 3.05) is 13.7 Å². The molecule has 0 aromatic carbocycles. The van der Waals surface area contributed by atoms with Crippen LogP contribution in [0.4, 0.5) is 0 Å². The van der Waals surface area contributed by atoms with Crippen LogP contribution in [0.15, 0.2) is 6.20 Å². The maximum absolute atomic E-state index is 11.5. The molecule has 5 nitrogen and oxygen atoms in total. The molecule has 0 aliphatic rings. The van der Waals surface area contributed by atoms with Crippen LogP contribution in [-0.2, 0) is 16.2 Å². The summed E-state index contributed by atoms with van der Waals surface area (Å²) in [6.07, 6.45) is 1.70. The van der Waals surface area contributed by atoms with Crippen molar-refractivity contribution in [2.45, 2.75) is 52.2 Å². The van der Waals surface area contributed by atoms with E-state index >= 15 is 0 Å². The third-order valence-electron chi connectivity index (χ3n) is 2.95. The molecule has 1 heterocycles. The number of carbonyl (C=O) groups excluding carboxylic acids is 1. The third-order valence-corrected chi connectivity index (χ3v) is 4.65. The number of hydrogen-bond donors (Lipinski definition) is 0. The predicted molar refractivity (Wildman–Crippen MR) is 81.8 cm³/mol. The van der Waals surface area contributed by atoms with Gasteiger partial charge >= 0.3 is 5.97 Å². The normalized spacial score (nSPS) is 11.9. The van der Waals surface area contributed by atoms with E-state index in [1.807, 2.05) is 18.4 Å². The summed E-state index contributed by atoms with van der Waals surface area (Å²) in [7, 11) is 0.289. The zero-order valence-electron chi connectivity index (χ0n) is 13.4. The predicted octanol–water partition coefficient (Wildman–Crippen LogP) is 3.11. The summed E-state index contributed by atoms with van der Waals surface area (Å²) in [5.74, 6) is 0.667. The van der Waals surface area contributed by atoms with Gasteiger partial charge in [-0.2, -0.15) is 0 Å². The fraction of sp³-hybridized carbons (Fsp3) is 0.714. The molecule has 0 N–H and O–H groups in total. The average molecular weight is 298 g/mol. The van der Waals surface area contributed by atoms with Crippen molar-refractivity contribution in [3.63, 3.8) is 0 Å². The Morgan fingerprint density at radius 2 is 2.05 bits per heavy atom. The van der Waals surface area contributed by atoms with E-state index in [4.69, 9.17) is 9.47 Å². The lowest BCUT2D eigenvalue weighted by Crippen LogP contribution is -2.22. The zero-order valence-corrected chi connectivity index (χ0v) is 14.4. The highest BCUT2D eigenvalue weighted by atomic mass is 28.3. The second-order valence-electron chi connectivity index (χ2n) is 6.45. The Kier molecular flexibility index (Phi) is 5.95. The van der Waals surface area contributed by atoms with E-state index in [0.29, 0.717) is 12.4 Å². The van der Waals surface area contributed by atoms with E-state index in [1.165, 1.54) is 7.11 Å². The summed E-state index contributed by atoms with van der Waals surface area (Å²) in [5.41, 5.74) is 0.338. The molecule has 114 valence electrons. The van der Waals surface area contributed by atoms with E-state index in [1.54, 1.807) is 6.20 Å². The number of carbonyl (C=O) groups is 1. The lowest BCUT2D eigenvalue weighted by molar-refractivity contribution is 0.0593. The molecule has 1 rings (SSSR count). The molecule has 0 fully saturated rings. The lowest BCUT2D eigenvalue weighted by atomic mass is 10.2. The second-order valence-corrected chi connectivity index (χ2v) is 12.1. The molecule has 0 radical (unpaired) electrons. The van der Waals surface area contributed by atoms with Crippen LogP contribution in [0.5, 0.6) is 0 Å². The molecule has 0 aliphatic heterocycles. The highest BCUT2D eigenvalue weighted by Gasteiger charge is 2.17. The van der Waals surface area contributed by atoms with Gasteiger partial charge in [-0.3, -0.25) is 0 Å². The molecule has 1 aromatic rings. The van der Waals surface area contributed by atoms with Crippen molar-refractivity contribution in [1.29, 1.82) is 0 Å². The van der Waals surface area contributed by atoms with Crippen LogP contribution < -0.4 is 0 Å². The van der Waals surface area contributed by atoms with E-state index in [9.17, 15) is 4.79 Å². The van der Waals surface area contributed by atoms with Gasteiger partial charge in [0.1, 0.15) is 12.6 Å². The first-order valence-electron chi connectivity index (χ1n) is 6.97. The summed E-state index contributed by atoms with van der Waals surface area (Å²) in [6.45, 7) is 12.2. The first kappa shape index (κ1) is 16.9.